The molecule has 1 fully saturated rings. The number of aliphatic hydroxyl groups is 1. The number of aromatic nitrogens is 2. The second-order valence-corrected chi connectivity index (χ2v) is 6.09. The van der Waals surface area contributed by atoms with Crippen LogP contribution in [0.25, 0.3) is 5.69 Å². The van der Waals surface area contributed by atoms with Gasteiger partial charge in [-0.15, -0.1) is 0 Å². The van der Waals surface area contributed by atoms with Crippen molar-refractivity contribution in [3.8, 4) is 5.69 Å². The highest BCUT2D eigenvalue weighted by atomic mass is 19.1. The molecule has 5 nitrogen and oxygen atoms in total. The van der Waals surface area contributed by atoms with E-state index in [9.17, 15) is 14.3 Å². The molecule has 1 heterocycles. The van der Waals surface area contributed by atoms with Crippen molar-refractivity contribution in [2.75, 3.05) is 6.54 Å². The summed E-state index contributed by atoms with van der Waals surface area (Å²) in [6.07, 6.45) is 7.40. The van der Waals surface area contributed by atoms with Gasteiger partial charge < -0.3 is 10.4 Å². The van der Waals surface area contributed by atoms with E-state index < -0.39 is 11.4 Å². The van der Waals surface area contributed by atoms with Crippen molar-refractivity contribution in [2.45, 2.75) is 37.7 Å². The van der Waals surface area contributed by atoms with Crippen molar-refractivity contribution in [2.24, 2.45) is 0 Å². The first-order valence-electron chi connectivity index (χ1n) is 7.88. The number of hydrogen-bond donors (Lipinski definition) is 2. The number of rotatable bonds is 4. The van der Waals surface area contributed by atoms with Crippen LogP contribution in [0.5, 0.6) is 0 Å². The standard InChI is InChI=1S/C17H20FN3O2/c18-14-6-2-3-7-15(14)21-11-13(10-20-21)16(22)19-12-17(23)8-4-1-5-9-17/h2-3,6-7,10-11,23H,1,4-5,8-9,12H2,(H,19,22). The van der Waals surface area contributed by atoms with E-state index in [-0.39, 0.29) is 18.1 Å². The average molecular weight is 317 g/mol. The van der Waals surface area contributed by atoms with Gasteiger partial charge in [-0.2, -0.15) is 5.10 Å². The number of carbonyl (C=O) groups excluding carboxylic acids is 1. The molecular formula is C17H20FN3O2. The SMILES string of the molecule is O=C(NCC1(O)CCCCC1)c1cnn(-c2ccccc2F)c1. The number of nitrogens with one attached hydrogen (secondary N) is 1. The van der Waals surface area contributed by atoms with Crippen molar-refractivity contribution in [3.63, 3.8) is 0 Å². The third kappa shape index (κ3) is 3.59. The van der Waals surface area contributed by atoms with E-state index in [1.165, 1.54) is 23.1 Å². The fourth-order valence-corrected chi connectivity index (χ4v) is 2.94. The van der Waals surface area contributed by atoms with Gasteiger partial charge >= 0.3 is 0 Å². The molecule has 1 saturated carbocycles. The van der Waals surface area contributed by atoms with Crippen LogP contribution in [-0.4, -0.2) is 32.9 Å². The number of nitrogens with zero attached hydrogens (tertiary/aromatic N) is 2. The van der Waals surface area contributed by atoms with Crippen LogP contribution in [0.1, 0.15) is 42.5 Å². The molecule has 23 heavy (non-hydrogen) atoms. The molecule has 0 bridgehead atoms. The fourth-order valence-electron chi connectivity index (χ4n) is 2.94. The Kier molecular flexibility index (Phi) is 4.43. The molecule has 1 aromatic heterocycles. The van der Waals surface area contributed by atoms with Gasteiger partial charge in [0, 0.05) is 12.7 Å². The van der Waals surface area contributed by atoms with E-state index in [0.717, 1.165) is 19.3 Å². The molecule has 2 aromatic rings. The monoisotopic (exact) mass is 317 g/mol. The van der Waals surface area contributed by atoms with Crippen LogP contribution in [0.4, 0.5) is 4.39 Å². The Morgan fingerprint density at radius 2 is 2.04 bits per heavy atom. The Labute approximate surface area is 134 Å². The summed E-state index contributed by atoms with van der Waals surface area (Å²) in [5.74, 6) is -0.717. The first-order chi connectivity index (χ1) is 11.1. The Hall–Kier alpha value is -2.21. The van der Waals surface area contributed by atoms with Crippen LogP contribution in [0.3, 0.4) is 0 Å². The first kappa shape index (κ1) is 15.7. The highest BCUT2D eigenvalue weighted by molar-refractivity contribution is 5.93. The third-order valence-electron chi connectivity index (χ3n) is 4.31. The van der Waals surface area contributed by atoms with Crippen molar-refractivity contribution in [1.29, 1.82) is 0 Å². The minimum Gasteiger partial charge on any atom is -0.388 e. The fraction of sp³-hybridized carbons (Fsp3) is 0.412. The van der Waals surface area contributed by atoms with Crippen molar-refractivity contribution < 1.29 is 14.3 Å². The van der Waals surface area contributed by atoms with E-state index in [2.05, 4.69) is 10.4 Å². The zero-order valence-electron chi connectivity index (χ0n) is 12.8. The van der Waals surface area contributed by atoms with Gasteiger partial charge in [-0.3, -0.25) is 4.79 Å². The molecule has 3 rings (SSSR count). The maximum atomic E-state index is 13.7. The van der Waals surface area contributed by atoms with Gasteiger partial charge in [-0.1, -0.05) is 31.4 Å². The van der Waals surface area contributed by atoms with E-state index >= 15 is 0 Å². The molecule has 1 aromatic carbocycles. The van der Waals surface area contributed by atoms with Gasteiger partial charge in [0.2, 0.25) is 0 Å². The zero-order chi connectivity index (χ0) is 16.3. The quantitative estimate of drug-likeness (QED) is 0.910. The van der Waals surface area contributed by atoms with Gasteiger partial charge in [-0.05, 0) is 25.0 Å². The van der Waals surface area contributed by atoms with Gasteiger partial charge in [0.25, 0.3) is 5.91 Å². The van der Waals surface area contributed by atoms with Crippen LogP contribution in [-0.2, 0) is 0 Å². The molecular weight excluding hydrogens is 297 g/mol. The van der Waals surface area contributed by atoms with Gasteiger partial charge in [0.15, 0.2) is 0 Å². The van der Waals surface area contributed by atoms with Crippen LogP contribution >= 0.6 is 0 Å². The predicted molar refractivity (Wildman–Crippen MR) is 83.9 cm³/mol. The molecule has 1 aliphatic rings. The lowest BCUT2D eigenvalue weighted by atomic mass is 9.85. The maximum absolute atomic E-state index is 13.7. The number of amides is 1. The lowest BCUT2D eigenvalue weighted by Crippen LogP contribution is -2.44. The molecule has 0 atom stereocenters. The van der Waals surface area contributed by atoms with Crippen molar-refractivity contribution >= 4 is 5.91 Å². The molecule has 1 aliphatic carbocycles. The van der Waals surface area contributed by atoms with Crippen molar-refractivity contribution in [3.05, 3.63) is 48.0 Å². The average Bonchev–Trinajstić information content (AvgIpc) is 3.04. The normalized spacial score (nSPS) is 17.0. The maximum Gasteiger partial charge on any atom is 0.254 e. The van der Waals surface area contributed by atoms with Crippen LogP contribution in [0, 0.1) is 5.82 Å². The van der Waals surface area contributed by atoms with E-state index in [1.54, 1.807) is 18.2 Å². The zero-order valence-corrected chi connectivity index (χ0v) is 12.8. The Morgan fingerprint density at radius 1 is 1.30 bits per heavy atom. The molecule has 1 amide bonds. The van der Waals surface area contributed by atoms with Crippen molar-refractivity contribution in [1.82, 2.24) is 15.1 Å². The van der Waals surface area contributed by atoms with Crippen LogP contribution in [0.2, 0.25) is 0 Å². The molecule has 0 unspecified atom stereocenters. The lowest BCUT2D eigenvalue weighted by Gasteiger charge is -2.32. The Balaban J connectivity index is 1.66. The molecule has 122 valence electrons. The Bertz CT molecular complexity index is 693. The topological polar surface area (TPSA) is 67.2 Å². The smallest absolute Gasteiger partial charge is 0.254 e. The summed E-state index contributed by atoms with van der Waals surface area (Å²) in [5.41, 5.74) is -0.180. The second-order valence-electron chi connectivity index (χ2n) is 6.09. The van der Waals surface area contributed by atoms with E-state index in [1.807, 2.05) is 0 Å². The number of halogens is 1. The minimum atomic E-state index is -0.810. The van der Waals surface area contributed by atoms with Gasteiger partial charge in [-0.25, -0.2) is 9.07 Å². The summed E-state index contributed by atoms with van der Waals surface area (Å²) in [6.45, 7) is 0.233. The van der Waals surface area contributed by atoms with Crippen LogP contribution < -0.4 is 5.32 Å². The highest BCUT2D eigenvalue weighted by Crippen LogP contribution is 2.27. The first-order valence-corrected chi connectivity index (χ1v) is 7.88. The molecule has 6 heteroatoms. The lowest BCUT2D eigenvalue weighted by molar-refractivity contribution is 0.00525. The molecule has 0 aliphatic heterocycles. The minimum absolute atomic E-state index is 0.233. The number of benzene rings is 1. The predicted octanol–water partition coefficient (Wildman–Crippen LogP) is 2.44. The summed E-state index contributed by atoms with van der Waals surface area (Å²) in [4.78, 5) is 12.2. The molecule has 0 saturated heterocycles. The number of hydrogen-bond acceptors (Lipinski definition) is 3. The van der Waals surface area contributed by atoms with E-state index in [4.69, 9.17) is 0 Å². The number of carbonyl (C=O) groups is 1. The van der Waals surface area contributed by atoms with Gasteiger partial charge in [0.05, 0.1) is 17.4 Å². The second kappa shape index (κ2) is 6.50. The third-order valence-corrected chi connectivity index (χ3v) is 4.31. The molecule has 0 spiro atoms. The summed E-state index contributed by atoms with van der Waals surface area (Å²) >= 11 is 0. The van der Waals surface area contributed by atoms with Crippen LogP contribution in [0.15, 0.2) is 36.7 Å². The van der Waals surface area contributed by atoms with Gasteiger partial charge in [0.1, 0.15) is 11.5 Å². The largest absolute Gasteiger partial charge is 0.388 e. The summed E-state index contributed by atoms with van der Waals surface area (Å²) < 4.78 is 15.1. The molecule has 2 N–H and O–H groups in total. The number of para-hydroxylation sites is 1. The molecule has 0 radical (unpaired) electrons. The highest BCUT2D eigenvalue weighted by Gasteiger charge is 2.29. The summed E-state index contributed by atoms with van der Waals surface area (Å²) in [5, 5.41) is 17.2. The summed E-state index contributed by atoms with van der Waals surface area (Å²) in [6, 6.07) is 6.24. The summed E-state index contributed by atoms with van der Waals surface area (Å²) in [7, 11) is 0. The Morgan fingerprint density at radius 3 is 2.78 bits per heavy atom. The van der Waals surface area contributed by atoms with E-state index in [0.29, 0.717) is 18.4 Å².